The van der Waals surface area contributed by atoms with Gasteiger partial charge in [-0.3, -0.25) is 4.79 Å². The molecule has 3 heteroatoms. The average Bonchev–Trinajstić information content (AvgIpc) is 2.41. The molecule has 0 aliphatic heterocycles. The molecule has 0 spiro atoms. The Balaban J connectivity index is 2.75. The first kappa shape index (κ1) is 7.84. The monoisotopic (exact) mass is 198 g/mol. The van der Waals surface area contributed by atoms with Gasteiger partial charge in [0.2, 0.25) is 0 Å². The van der Waals surface area contributed by atoms with Crippen LogP contribution in [0.4, 0.5) is 0 Å². The Bertz CT molecular complexity index is 394. The van der Waals surface area contributed by atoms with E-state index in [2.05, 4.69) is 0 Å². The Morgan fingerprint density at radius 2 is 1.83 bits per heavy atom. The Morgan fingerprint density at radius 1 is 1.08 bits per heavy atom. The third kappa shape index (κ3) is 0.977. The van der Waals surface area contributed by atoms with E-state index in [9.17, 15) is 4.79 Å². The number of carbonyl (C=O) groups is 1. The molecule has 0 unspecified atom stereocenters. The molecule has 0 amide bonds. The number of fused-ring (bicyclic) bond motifs is 1. The summed E-state index contributed by atoms with van der Waals surface area (Å²) in [5.74, 6) is -0.0106. The third-order valence-corrected chi connectivity index (χ3v) is 2.62. The fourth-order valence-corrected chi connectivity index (χ4v) is 1.59. The van der Waals surface area contributed by atoms with Crippen molar-refractivity contribution in [1.82, 2.24) is 0 Å². The maximum absolute atomic E-state index is 11.1. The zero-order valence-corrected chi connectivity index (χ0v) is 7.49. The van der Waals surface area contributed by atoms with Crippen LogP contribution in [0.25, 0.3) is 6.08 Å². The van der Waals surface area contributed by atoms with Gasteiger partial charge in [0.15, 0.2) is 5.78 Å². The first-order valence-electron chi connectivity index (χ1n) is 3.40. The van der Waals surface area contributed by atoms with Crippen LogP contribution < -0.4 is 0 Å². The van der Waals surface area contributed by atoms with Gasteiger partial charge in [-0.2, -0.15) is 0 Å². The number of hydrogen-bond acceptors (Lipinski definition) is 1. The Kier molecular flexibility index (Phi) is 1.71. The van der Waals surface area contributed by atoms with Crippen LogP contribution in [0.15, 0.2) is 18.2 Å². The van der Waals surface area contributed by atoms with E-state index in [0.717, 1.165) is 5.56 Å². The minimum Gasteiger partial charge on any atom is -0.289 e. The molecule has 0 saturated heterocycles. The zero-order valence-electron chi connectivity index (χ0n) is 5.97. The van der Waals surface area contributed by atoms with Crippen molar-refractivity contribution in [2.45, 2.75) is 0 Å². The highest BCUT2D eigenvalue weighted by molar-refractivity contribution is 6.43. The smallest absolute Gasteiger partial charge is 0.186 e. The molecule has 1 aromatic rings. The summed E-state index contributed by atoms with van der Waals surface area (Å²) in [7, 11) is 0. The standard InChI is InChI=1S/C9H4Cl2O/c10-7-3-1-5-6(9(7)11)2-4-8(5)12/h1-4H. The highest BCUT2D eigenvalue weighted by atomic mass is 35.5. The molecule has 0 radical (unpaired) electrons. The van der Waals surface area contributed by atoms with E-state index in [4.69, 9.17) is 23.2 Å². The molecule has 0 fully saturated rings. The molecule has 1 aliphatic carbocycles. The summed E-state index contributed by atoms with van der Waals surface area (Å²) in [6.07, 6.45) is 3.18. The van der Waals surface area contributed by atoms with Gasteiger partial charge in [0.25, 0.3) is 0 Å². The van der Waals surface area contributed by atoms with Gasteiger partial charge in [-0.05, 0) is 24.3 Å². The highest BCUT2D eigenvalue weighted by Gasteiger charge is 2.17. The summed E-state index contributed by atoms with van der Waals surface area (Å²) in [6, 6.07) is 3.32. The molecule has 1 aromatic carbocycles. The molecule has 0 saturated carbocycles. The van der Waals surface area contributed by atoms with Crippen molar-refractivity contribution in [1.29, 1.82) is 0 Å². The topological polar surface area (TPSA) is 17.1 Å². The minimum absolute atomic E-state index is 0.0106. The quantitative estimate of drug-likeness (QED) is 0.626. The van der Waals surface area contributed by atoms with Crippen molar-refractivity contribution < 1.29 is 4.79 Å². The summed E-state index contributed by atoms with van der Waals surface area (Å²) in [5, 5.41) is 0.936. The number of allylic oxidation sites excluding steroid dienone is 1. The van der Waals surface area contributed by atoms with Crippen molar-refractivity contribution in [3.05, 3.63) is 39.4 Å². The number of hydrogen-bond donors (Lipinski definition) is 0. The fraction of sp³-hybridized carbons (Fsp3) is 0. The van der Waals surface area contributed by atoms with Crippen LogP contribution in [0.2, 0.25) is 10.0 Å². The number of ketones is 1. The maximum atomic E-state index is 11.1. The SMILES string of the molecule is O=C1C=Cc2c1ccc(Cl)c2Cl. The maximum Gasteiger partial charge on any atom is 0.186 e. The molecule has 0 atom stereocenters. The molecule has 2 rings (SSSR count). The van der Waals surface area contributed by atoms with Gasteiger partial charge < -0.3 is 0 Å². The summed E-state index contributed by atoms with van der Waals surface area (Å²) in [6.45, 7) is 0. The molecule has 0 heterocycles. The van der Waals surface area contributed by atoms with Crippen molar-refractivity contribution in [2.75, 3.05) is 0 Å². The molecule has 60 valence electrons. The van der Waals surface area contributed by atoms with Gasteiger partial charge in [0.1, 0.15) is 0 Å². The lowest BCUT2D eigenvalue weighted by molar-refractivity contribution is 0.105. The van der Waals surface area contributed by atoms with Crippen LogP contribution in [0.1, 0.15) is 15.9 Å². The normalized spacial score (nSPS) is 13.7. The van der Waals surface area contributed by atoms with Gasteiger partial charge >= 0.3 is 0 Å². The van der Waals surface area contributed by atoms with Crippen molar-refractivity contribution in [3.63, 3.8) is 0 Å². The molecule has 1 nitrogen and oxygen atoms in total. The van der Waals surface area contributed by atoms with E-state index in [1.807, 2.05) is 0 Å². The van der Waals surface area contributed by atoms with Crippen molar-refractivity contribution >= 4 is 35.1 Å². The number of benzene rings is 1. The van der Waals surface area contributed by atoms with Crippen LogP contribution in [-0.2, 0) is 0 Å². The predicted molar refractivity (Wildman–Crippen MR) is 49.8 cm³/mol. The lowest BCUT2D eigenvalue weighted by atomic mass is 10.1. The van der Waals surface area contributed by atoms with Crippen LogP contribution >= 0.6 is 23.2 Å². The largest absolute Gasteiger partial charge is 0.289 e. The number of carbonyl (C=O) groups excluding carboxylic acids is 1. The first-order chi connectivity index (χ1) is 5.70. The molecule has 1 aliphatic rings. The predicted octanol–water partition coefficient (Wildman–Crippen LogP) is 3.20. The van der Waals surface area contributed by atoms with Crippen LogP contribution in [0, 0.1) is 0 Å². The third-order valence-electron chi connectivity index (χ3n) is 1.80. The van der Waals surface area contributed by atoms with Gasteiger partial charge in [-0.15, -0.1) is 0 Å². The van der Waals surface area contributed by atoms with Crippen molar-refractivity contribution in [2.24, 2.45) is 0 Å². The fourth-order valence-electron chi connectivity index (χ4n) is 1.19. The van der Waals surface area contributed by atoms with E-state index in [0.29, 0.717) is 15.6 Å². The van der Waals surface area contributed by atoms with E-state index in [1.54, 1.807) is 18.2 Å². The summed E-state index contributed by atoms with van der Waals surface area (Å²) >= 11 is 11.6. The van der Waals surface area contributed by atoms with Gasteiger partial charge in [-0.1, -0.05) is 23.2 Å². The van der Waals surface area contributed by atoms with E-state index >= 15 is 0 Å². The van der Waals surface area contributed by atoms with E-state index in [-0.39, 0.29) is 5.78 Å². The second-order valence-electron chi connectivity index (χ2n) is 2.52. The Morgan fingerprint density at radius 3 is 2.58 bits per heavy atom. The van der Waals surface area contributed by atoms with E-state index in [1.165, 1.54) is 6.08 Å². The minimum atomic E-state index is -0.0106. The van der Waals surface area contributed by atoms with Crippen LogP contribution in [-0.4, -0.2) is 5.78 Å². The summed E-state index contributed by atoms with van der Waals surface area (Å²) in [4.78, 5) is 11.1. The Hall–Kier alpha value is -0.790. The lowest BCUT2D eigenvalue weighted by Crippen LogP contribution is -1.91. The average molecular weight is 199 g/mol. The lowest BCUT2D eigenvalue weighted by Gasteiger charge is -2.00. The second kappa shape index (κ2) is 2.61. The summed E-state index contributed by atoms with van der Waals surface area (Å²) in [5.41, 5.74) is 1.36. The molecule has 0 aromatic heterocycles. The molecule has 12 heavy (non-hydrogen) atoms. The first-order valence-corrected chi connectivity index (χ1v) is 4.16. The van der Waals surface area contributed by atoms with Crippen LogP contribution in [0.5, 0.6) is 0 Å². The second-order valence-corrected chi connectivity index (χ2v) is 3.31. The number of halogens is 2. The zero-order chi connectivity index (χ0) is 8.72. The molecular formula is C9H4Cl2O. The van der Waals surface area contributed by atoms with Gasteiger partial charge in [-0.25, -0.2) is 0 Å². The molecule has 0 bridgehead atoms. The molecule has 0 N–H and O–H groups in total. The summed E-state index contributed by atoms with van der Waals surface area (Å²) < 4.78 is 0. The highest BCUT2D eigenvalue weighted by Crippen LogP contribution is 2.32. The van der Waals surface area contributed by atoms with Crippen molar-refractivity contribution in [3.8, 4) is 0 Å². The van der Waals surface area contributed by atoms with Crippen LogP contribution in [0.3, 0.4) is 0 Å². The Labute approximate surface area is 79.6 Å². The molecular weight excluding hydrogens is 195 g/mol. The van der Waals surface area contributed by atoms with Gasteiger partial charge in [0, 0.05) is 11.1 Å². The van der Waals surface area contributed by atoms with Gasteiger partial charge in [0.05, 0.1) is 10.0 Å². The van der Waals surface area contributed by atoms with E-state index < -0.39 is 0 Å². The number of rotatable bonds is 0.